The van der Waals surface area contributed by atoms with Crippen molar-refractivity contribution in [2.75, 3.05) is 0 Å². The fraction of sp³-hybridized carbons (Fsp3) is 1.00. The first-order valence-corrected chi connectivity index (χ1v) is 4.85. The molecule has 2 aliphatic carbocycles. The van der Waals surface area contributed by atoms with Gasteiger partial charge in [0, 0.05) is 11.5 Å². The van der Waals surface area contributed by atoms with Gasteiger partial charge in [-0.1, -0.05) is 20.8 Å². The van der Waals surface area contributed by atoms with Crippen molar-refractivity contribution in [2.24, 2.45) is 22.5 Å². The zero-order chi connectivity index (χ0) is 9.15. The van der Waals surface area contributed by atoms with Gasteiger partial charge in [-0.15, -0.1) is 0 Å². The maximum absolute atomic E-state index is 9.96. The number of fused-ring (bicyclic) bond motifs is 2. The Morgan fingerprint density at radius 2 is 1.92 bits per heavy atom. The van der Waals surface area contributed by atoms with Crippen molar-refractivity contribution in [3.63, 3.8) is 0 Å². The number of nitrogens with two attached hydrogens (primary N) is 1. The SMILES string of the molecule is CC1(C)C2CCC1(C)[C@H](O)[C@@H]2N. The highest BCUT2D eigenvalue weighted by atomic mass is 16.3. The van der Waals surface area contributed by atoms with Gasteiger partial charge in [0.2, 0.25) is 0 Å². The van der Waals surface area contributed by atoms with E-state index in [0.29, 0.717) is 5.92 Å². The summed E-state index contributed by atoms with van der Waals surface area (Å²) in [6.07, 6.45) is 2.05. The van der Waals surface area contributed by atoms with Crippen LogP contribution < -0.4 is 5.73 Å². The van der Waals surface area contributed by atoms with Crippen LogP contribution in [-0.2, 0) is 0 Å². The Balaban J connectivity index is 2.44. The topological polar surface area (TPSA) is 46.2 Å². The van der Waals surface area contributed by atoms with Crippen LogP contribution in [0.3, 0.4) is 0 Å². The molecule has 12 heavy (non-hydrogen) atoms. The van der Waals surface area contributed by atoms with Gasteiger partial charge in [0.15, 0.2) is 0 Å². The highest BCUT2D eigenvalue weighted by Gasteiger charge is 2.64. The van der Waals surface area contributed by atoms with Crippen molar-refractivity contribution in [1.82, 2.24) is 0 Å². The van der Waals surface area contributed by atoms with Crippen LogP contribution in [0.15, 0.2) is 0 Å². The molecule has 70 valence electrons. The van der Waals surface area contributed by atoms with E-state index in [0.717, 1.165) is 6.42 Å². The van der Waals surface area contributed by atoms with Crippen LogP contribution in [-0.4, -0.2) is 17.3 Å². The van der Waals surface area contributed by atoms with Crippen molar-refractivity contribution in [2.45, 2.75) is 45.8 Å². The Labute approximate surface area is 74.1 Å². The summed E-state index contributed by atoms with van der Waals surface area (Å²) in [4.78, 5) is 0. The first-order valence-electron chi connectivity index (χ1n) is 4.85. The van der Waals surface area contributed by atoms with Gasteiger partial charge in [-0.05, 0) is 24.2 Å². The summed E-state index contributed by atoms with van der Waals surface area (Å²) in [6, 6.07) is 0.0127. The summed E-state index contributed by atoms with van der Waals surface area (Å²) in [7, 11) is 0. The molecule has 4 atom stereocenters. The van der Waals surface area contributed by atoms with E-state index in [-0.39, 0.29) is 23.0 Å². The van der Waals surface area contributed by atoms with E-state index in [1.54, 1.807) is 0 Å². The molecule has 0 amide bonds. The van der Waals surface area contributed by atoms with Gasteiger partial charge in [0.1, 0.15) is 0 Å². The lowest BCUT2D eigenvalue weighted by Crippen LogP contribution is -2.43. The molecular weight excluding hydrogens is 150 g/mol. The Morgan fingerprint density at radius 1 is 1.33 bits per heavy atom. The van der Waals surface area contributed by atoms with Crippen LogP contribution in [0.5, 0.6) is 0 Å². The van der Waals surface area contributed by atoms with Crippen LogP contribution in [0.25, 0.3) is 0 Å². The lowest BCUT2D eigenvalue weighted by atomic mass is 9.70. The van der Waals surface area contributed by atoms with Crippen molar-refractivity contribution < 1.29 is 5.11 Å². The molecule has 0 radical (unpaired) electrons. The molecule has 2 bridgehead atoms. The van der Waals surface area contributed by atoms with E-state index in [1.807, 2.05) is 0 Å². The third-order valence-corrected chi connectivity index (χ3v) is 4.86. The van der Waals surface area contributed by atoms with Gasteiger partial charge in [0.25, 0.3) is 0 Å². The summed E-state index contributed by atoms with van der Waals surface area (Å²) in [5.41, 5.74) is 6.27. The van der Waals surface area contributed by atoms with Crippen LogP contribution in [0.2, 0.25) is 0 Å². The van der Waals surface area contributed by atoms with E-state index < -0.39 is 0 Å². The number of aliphatic hydroxyl groups excluding tert-OH is 1. The predicted molar refractivity (Wildman–Crippen MR) is 48.6 cm³/mol. The highest BCUT2D eigenvalue weighted by Crippen LogP contribution is 2.64. The number of rotatable bonds is 0. The van der Waals surface area contributed by atoms with Gasteiger partial charge in [0.05, 0.1) is 6.10 Å². The first-order chi connectivity index (χ1) is 5.41. The highest BCUT2D eigenvalue weighted by molar-refractivity contribution is 5.16. The van der Waals surface area contributed by atoms with Crippen molar-refractivity contribution in [3.05, 3.63) is 0 Å². The Hall–Kier alpha value is -0.0800. The maximum Gasteiger partial charge on any atom is 0.0752 e. The van der Waals surface area contributed by atoms with Crippen LogP contribution >= 0.6 is 0 Å². The number of aliphatic hydroxyl groups is 1. The molecule has 0 aromatic rings. The van der Waals surface area contributed by atoms with Crippen molar-refractivity contribution >= 4 is 0 Å². The summed E-state index contributed by atoms with van der Waals surface area (Å²) < 4.78 is 0. The molecule has 0 saturated heterocycles. The standard InChI is InChI=1S/C10H19NO/c1-9(2)6-4-5-10(9,3)8(12)7(6)11/h6-8,12H,4-5,11H2,1-3H3/t6?,7-,8-,10?/m1/s1. The maximum atomic E-state index is 9.96. The van der Waals surface area contributed by atoms with E-state index in [9.17, 15) is 5.11 Å². The molecule has 2 unspecified atom stereocenters. The monoisotopic (exact) mass is 169 g/mol. The van der Waals surface area contributed by atoms with Gasteiger partial charge >= 0.3 is 0 Å². The van der Waals surface area contributed by atoms with E-state index >= 15 is 0 Å². The van der Waals surface area contributed by atoms with Gasteiger partial charge in [-0.25, -0.2) is 0 Å². The molecule has 2 nitrogen and oxygen atoms in total. The van der Waals surface area contributed by atoms with Crippen molar-refractivity contribution in [3.8, 4) is 0 Å². The number of hydrogen-bond acceptors (Lipinski definition) is 2. The molecule has 2 rings (SSSR count). The largest absolute Gasteiger partial charge is 0.391 e. The fourth-order valence-electron chi connectivity index (χ4n) is 3.41. The van der Waals surface area contributed by atoms with Gasteiger partial charge in [-0.2, -0.15) is 0 Å². The molecule has 0 aromatic carbocycles. The fourth-order valence-corrected chi connectivity index (χ4v) is 3.41. The van der Waals surface area contributed by atoms with E-state index in [4.69, 9.17) is 5.73 Å². The summed E-state index contributed by atoms with van der Waals surface area (Å²) in [6.45, 7) is 6.69. The van der Waals surface area contributed by atoms with Crippen molar-refractivity contribution in [1.29, 1.82) is 0 Å². The summed E-state index contributed by atoms with van der Waals surface area (Å²) >= 11 is 0. The predicted octanol–water partition coefficient (Wildman–Crippen LogP) is 1.13. The van der Waals surface area contributed by atoms with Crippen LogP contribution in [0.4, 0.5) is 0 Å². The molecule has 0 aromatic heterocycles. The minimum absolute atomic E-state index is 0.0127. The zero-order valence-electron chi connectivity index (χ0n) is 8.17. The normalized spacial score (nSPS) is 56.2. The number of hydrogen-bond donors (Lipinski definition) is 2. The van der Waals surface area contributed by atoms with Crippen LogP contribution in [0, 0.1) is 16.7 Å². The average molecular weight is 169 g/mol. The third-order valence-electron chi connectivity index (χ3n) is 4.86. The second-order valence-electron chi connectivity index (χ2n) is 5.31. The van der Waals surface area contributed by atoms with Gasteiger partial charge < -0.3 is 10.8 Å². The second-order valence-corrected chi connectivity index (χ2v) is 5.31. The first kappa shape index (κ1) is 8.52. The second kappa shape index (κ2) is 2.05. The molecule has 3 N–H and O–H groups in total. The Bertz CT molecular complexity index is 214. The molecule has 2 saturated carbocycles. The molecular formula is C10H19NO. The van der Waals surface area contributed by atoms with E-state index in [2.05, 4.69) is 20.8 Å². The lowest BCUT2D eigenvalue weighted by molar-refractivity contribution is 0.00582. The quantitative estimate of drug-likeness (QED) is 0.571. The summed E-state index contributed by atoms with van der Waals surface area (Å²) in [5, 5.41) is 9.96. The van der Waals surface area contributed by atoms with Crippen LogP contribution in [0.1, 0.15) is 33.6 Å². The molecule has 0 heterocycles. The minimum Gasteiger partial charge on any atom is -0.391 e. The molecule has 2 heteroatoms. The van der Waals surface area contributed by atoms with Gasteiger partial charge in [-0.3, -0.25) is 0 Å². The summed E-state index contributed by atoms with van der Waals surface area (Å²) in [5.74, 6) is 0.525. The smallest absolute Gasteiger partial charge is 0.0752 e. The minimum atomic E-state index is -0.286. The molecule has 0 spiro atoms. The molecule has 2 aliphatic rings. The molecule has 0 aliphatic heterocycles. The Kier molecular flexibility index (Phi) is 1.45. The third kappa shape index (κ3) is 0.647. The molecule has 2 fully saturated rings. The van der Waals surface area contributed by atoms with E-state index in [1.165, 1.54) is 6.42 Å². The Morgan fingerprint density at radius 3 is 2.17 bits per heavy atom. The average Bonchev–Trinajstić information content (AvgIpc) is 2.26. The lowest BCUT2D eigenvalue weighted by Gasteiger charge is -2.36. The zero-order valence-corrected chi connectivity index (χ0v) is 8.17.